The normalized spacial score (nSPS) is 20.9. The summed E-state index contributed by atoms with van der Waals surface area (Å²) < 4.78 is 0. The van der Waals surface area contributed by atoms with E-state index in [0.29, 0.717) is 5.92 Å². The summed E-state index contributed by atoms with van der Waals surface area (Å²) in [5.74, 6) is 0.586. The number of aromatic hydroxyl groups is 2. The Kier molecular flexibility index (Phi) is 1.40. The highest BCUT2D eigenvalue weighted by Crippen LogP contribution is 2.35. The van der Waals surface area contributed by atoms with Crippen molar-refractivity contribution in [1.29, 1.82) is 0 Å². The van der Waals surface area contributed by atoms with Crippen molar-refractivity contribution < 1.29 is 10.2 Å². The van der Waals surface area contributed by atoms with Crippen LogP contribution in [0.1, 0.15) is 18.1 Å². The lowest BCUT2D eigenvalue weighted by atomic mass is 9.93. The predicted molar refractivity (Wildman–Crippen MR) is 46.0 cm³/mol. The molecule has 12 heavy (non-hydrogen) atoms. The maximum absolute atomic E-state index is 9.35. The van der Waals surface area contributed by atoms with Gasteiger partial charge in [0.05, 0.1) is 0 Å². The zero-order valence-electron chi connectivity index (χ0n) is 6.83. The van der Waals surface area contributed by atoms with Gasteiger partial charge in [0.15, 0.2) is 11.8 Å². The van der Waals surface area contributed by atoms with Gasteiger partial charge in [0, 0.05) is 11.1 Å². The second-order valence-corrected chi connectivity index (χ2v) is 3.25. The summed E-state index contributed by atoms with van der Waals surface area (Å²) >= 11 is 0. The summed E-state index contributed by atoms with van der Waals surface area (Å²) in [5.41, 5.74) is 1.55. The van der Waals surface area contributed by atoms with Gasteiger partial charge >= 0.3 is 0 Å². The van der Waals surface area contributed by atoms with Gasteiger partial charge in [0.1, 0.15) is 0 Å². The highest BCUT2D eigenvalue weighted by atomic mass is 16.3. The number of aromatic nitrogens is 1. The van der Waals surface area contributed by atoms with Gasteiger partial charge in [-0.1, -0.05) is 19.1 Å². The van der Waals surface area contributed by atoms with Gasteiger partial charge in [-0.05, 0) is 12.3 Å². The topological polar surface area (TPSA) is 56.2 Å². The molecule has 0 aromatic carbocycles. The van der Waals surface area contributed by atoms with Crippen LogP contribution in [0.25, 0.3) is 6.08 Å². The molecule has 0 radical (unpaired) electrons. The molecule has 2 rings (SSSR count). The average Bonchev–Trinajstić information content (AvgIpc) is 2.28. The molecule has 1 aliphatic rings. The molecule has 0 aliphatic heterocycles. The number of H-pyrrole nitrogens is 1. The van der Waals surface area contributed by atoms with Crippen molar-refractivity contribution in [3.05, 3.63) is 17.2 Å². The second kappa shape index (κ2) is 2.30. The Hall–Kier alpha value is -1.38. The Labute approximate surface area is 70.4 Å². The smallest absolute Gasteiger partial charge is 0.198 e. The standard InChI is InChI=1S/C9H11NO2/c1-5-2-3-6-7(4-5)9(12)10-8(6)11/h2-3,5,10-12H,4H2,1H3. The SMILES string of the molecule is CC1C=Cc2c(O)[nH]c(O)c2C1. The van der Waals surface area contributed by atoms with Crippen molar-refractivity contribution in [3.63, 3.8) is 0 Å². The Balaban J connectivity index is 2.55. The summed E-state index contributed by atoms with van der Waals surface area (Å²) in [6.07, 6.45) is 4.65. The molecule has 0 saturated heterocycles. The van der Waals surface area contributed by atoms with Gasteiger partial charge in [-0.2, -0.15) is 0 Å². The zero-order valence-corrected chi connectivity index (χ0v) is 6.83. The zero-order chi connectivity index (χ0) is 8.72. The predicted octanol–water partition coefficient (Wildman–Crippen LogP) is 1.63. The van der Waals surface area contributed by atoms with Crippen LogP contribution in [0, 0.1) is 5.92 Å². The molecule has 64 valence electrons. The fraction of sp³-hybridized carbons (Fsp3) is 0.333. The molecule has 0 spiro atoms. The van der Waals surface area contributed by atoms with Crippen LogP contribution in [0.4, 0.5) is 0 Å². The van der Waals surface area contributed by atoms with Crippen LogP contribution in [0.2, 0.25) is 0 Å². The minimum atomic E-state index is 0.0608. The van der Waals surface area contributed by atoms with Crippen molar-refractivity contribution in [3.8, 4) is 11.8 Å². The molecule has 1 unspecified atom stereocenters. The lowest BCUT2D eigenvalue weighted by molar-refractivity contribution is 0.422. The fourth-order valence-corrected chi connectivity index (χ4v) is 1.56. The molecular formula is C9H11NO2. The Bertz CT molecular complexity index is 339. The van der Waals surface area contributed by atoms with Gasteiger partial charge in [-0.3, -0.25) is 4.98 Å². The molecule has 1 atom stereocenters. The first-order valence-corrected chi connectivity index (χ1v) is 3.99. The Morgan fingerprint density at radius 3 is 2.92 bits per heavy atom. The molecule has 3 nitrogen and oxygen atoms in total. The van der Waals surface area contributed by atoms with Crippen molar-refractivity contribution in [1.82, 2.24) is 4.98 Å². The van der Waals surface area contributed by atoms with E-state index in [2.05, 4.69) is 11.9 Å². The molecule has 3 heteroatoms. The summed E-state index contributed by atoms with van der Waals surface area (Å²) in [4.78, 5) is 2.50. The third-order valence-corrected chi connectivity index (χ3v) is 2.22. The largest absolute Gasteiger partial charge is 0.494 e. The van der Waals surface area contributed by atoms with Crippen LogP contribution in [0.15, 0.2) is 6.08 Å². The van der Waals surface area contributed by atoms with Crippen LogP contribution < -0.4 is 0 Å². The maximum Gasteiger partial charge on any atom is 0.198 e. The number of hydrogen-bond acceptors (Lipinski definition) is 2. The molecule has 0 fully saturated rings. The van der Waals surface area contributed by atoms with E-state index in [1.165, 1.54) is 0 Å². The van der Waals surface area contributed by atoms with Crippen molar-refractivity contribution in [2.75, 3.05) is 0 Å². The van der Waals surface area contributed by atoms with E-state index in [-0.39, 0.29) is 11.8 Å². The lowest BCUT2D eigenvalue weighted by Gasteiger charge is -2.11. The summed E-state index contributed by atoms with van der Waals surface area (Å²) in [7, 11) is 0. The van der Waals surface area contributed by atoms with Crippen LogP contribution in [0.3, 0.4) is 0 Å². The van der Waals surface area contributed by atoms with Crippen LogP contribution in [0.5, 0.6) is 11.8 Å². The van der Waals surface area contributed by atoms with Gasteiger partial charge in [0.2, 0.25) is 0 Å². The molecule has 0 bridgehead atoms. The number of nitrogens with one attached hydrogen (secondary N) is 1. The third-order valence-electron chi connectivity index (χ3n) is 2.22. The van der Waals surface area contributed by atoms with Crippen LogP contribution in [-0.4, -0.2) is 15.2 Å². The molecule has 3 N–H and O–H groups in total. The van der Waals surface area contributed by atoms with Gasteiger partial charge < -0.3 is 10.2 Å². The maximum atomic E-state index is 9.35. The first-order chi connectivity index (χ1) is 5.68. The van der Waals surface area contributed by atoms with E-state index in [4.69, 9.17) is 0 Å². The number of hydrogen-bond donors (Lipinski definition) is 3. The third kappa shape index (κ3) is 0.897. The van der Waals surface area contributed by atoms with Crippen molar-refractivity contribution in [2.45, 2.75) is 13.3 Å². The minimum absolute atomic E-state index is 0.0608. The Morgan fingerprint density at radius 1 is 1.42 bits per heavy atom. The quantitative estimate of drug-likeness (QED) is 0.547. The van der Waals surface area contributed by atoms with Gasteiger partial charge in [-0.25, -0.2) is 0 Å². The fourth-order valence-electron chi connectivity index (χ4n) is 1.56. The van der Waals surface area contributed by atoms with Crippen molar-refractivity contribution >= 4 is 6.08 Å². The van der Waals surface area contributed by atoms with E-state index < -0.39 is 0 Å². The monoisotopic (exact) mass is 165 g/mol. The molecule has 1 aromatic rings. The number of rotatable bonds is 0. The minimum Gasteiger partial charge on any atom is -0.494 e. The second-order valence-electron chi connectivity index (χ2n) is 3.25. The summed E-state index contributed by atoms with van der Waals surface area (Å²) in [5, 5.41) is 18.6. The Morgan fingerprint density at radius 2 is 2.17 bits per heavy atom. The van der Waals surface area contributed by atoms with E-state index in [1.54, 1.807) is 0 Å². The van der Waals surface area contributed by atoms with E-state index in [1.807, 2.05) is 12.2 Å². The molecule has 1 aliphatic carbocycles. The average molecular weight is 165 g/mol. The summed E-state index contributed by atoms with van der Waals surface area (Å²) in [6, 6.07) is 0. The molecule has 0 amide bonds. The highest BCUT2D eigenvalue weighted by Gasteiger charge is 2.19. The highest BCUT2D eigenvalue weighted by molar-refractivity contribution is 5.64. The van der Waals surface area contributed by atoms with Crippen LogP contribution in [-0.2, 0) is 6.42 Å². The number of fused-ring (bicyclic) bond motifs is 1. The molecule has 1 aromatic heterocycles. The first kappa shape index (κ1) is 7.28. The summed E-state index contributed by atoms with van der Waals surface area (Å²) in [6.45, 7) is 2.07. The van der Waals surface area contributed by atoms with Gasteiger partial charge in [-0.15, -0.1) is 0 Å². The first-order valence-electron chi connectivity index (χ1n) is 3.99. The van der Waals surface area contributed by atoms with E-state index in [9.17, 15) is 10.2 Å². The lowest BCUT2D eigenvalue weighted by Crippen LogP contribution is -2.00. The molecule has 1 heterocycles. The van der Waals surface area contributed by atoms with Crippen LogP contribution >= 0.6 is 0 Å². The number of allylic oxidation sites excluding steroid dienone is 1. The van der Waals surface area contributed by atoms with E-state index in [0.717, 1.165) is 17.5 Å². The van der Waals surface area contributed by atoms with Crippen molar-refractivity contribution in [2.24, 2.45) is 5.92 Å². The molecular weight excluding hydrogens is 154 g/mol. The van der Waals surface area contributed by atoms with Gasteiger partial charge in [0.25, 0.3) is 0 Å². The molecule has 0 saturated carbocycles. The van der Waals surface area contributed by atoms with E-state index >= 15 is 0 Å². The number of aromatic amines is 1.